The number of carboxylic acids is 1. The summed E-state index contributed by atoms with van der Waals surface area (Å²) in [7, 11) is 0. The lowest BCUT2D eigenvalue weighted by Gasteiger charge is -2.29. The van der Waals surface area contributed by atoms with E-state index >= 15 is 0 Å². The van der Waals surface area contributed by atoms with Crippen LogP contribution >= 0.6 is 12.2 Å². The van der Waals surface area contributed by atoms with Crippen LogP contribution in [0.3, 0.4) is 0 Å². The molecule has 0 radical (unpaired) electrons. The molecule has 1 amide bonds. The highest BCUT2D eigenvalue weighted by molar-refractivity contribution is 7.80. The van der Waals surface area contributed by atoms with Gasteiger partial charge in [0.25, 0.3) is 0 Å². The Balaban J connectivity index is 1.47. The largest absolute Gasteiger partial charge is 0.478 e. The molecule has 5 rings (SSSR count). The minimum atomic E-state index is -1.02. The van der Waals surface area contributed by atoms with Gasteiger partial charge in [-0.25, -0.2) is 9.18 Å². The smallest absolute Gasteiger partial charge is 0.335 e. The molecule has 2 unspecified atom stereocenters. The molecule has 4 aromatic rings. The number of carboxylic acid groups (broad SMARTS) is 1. The van der Waals surface area contributed by atoms with Crippen molar-refractivity contribution in [1.82, 2.24) is 19.8 Å². The minimum absolute atomic E-state index is 0.0663. The first-order chi connectivity index (χ1) is 18.4. The van der Waals surface area contributed by atoms with Gasteiger partial charge in [-0.1, -0.05) is 24.3 Å². The summed E-state index contributed by atoms with van der Waals surface area (Å²) >= 11 is 5.69. The third-order valence-corrected chi connectivity index (χ3v) is 6.73. The van der Waals surface area contributed by atoms with Gasteiger partial charge < -0.3 is 25.2 Å². The van der Waals surface area contributed by atoms with Crippen LogP contribution in [-0.4, -0.2) is 43.1 Å². The predicted molar refractivity (Wildman–Crippen MR) is 145 cm³/mol. The van der Waals surface area contributed by atoms with Gasteiger partial charge in [0.1, 0.15) is 5.82 Å². The number of carbonyl (C=O) groups excluding carboxylic acids is 1. The first kappa shape index (κ1) is 25.1. The van der Waals surface area contributed by atoms with Crippen LogP contribution in [0.5, 0.6) is 0 Å². The first-order valence-corrected chi connectivity index (χ1v) is 12.4. The Morgan fingerprint density at radius 1 is 1.05 bits per heavy atom. The van der Waals surface area contributed by atoms with Crippen LogP contribution in [0.1, 0.15) is 40.3 Å². The van der Waals surface area contributed by atoms with E-state index in [0.29, 0.717) is 10.8 Å². The second kappa shape index (κ2) is 10.8. The van der Waals surface area contributed by atoms with Gasteiger partial charge in [0.05, 0.1) is 29.0 Å². The summed E-state index contributed by atoms with van der Waals surface area (Å²) in [4.78, 5) is 30.8. The lowest BCUT2D eigenvalue weighted by Crippen LogP contribution is -2.33. The normalized spacial score (nSPS) is 16.8. The van der Waals surface area contributed by atoms with E-state index in [9.17, 15) is 19.1 Å². The quantitative estimate of drug-likeness (QED) is 0.284. The van der Waals surface area contributed by atoms with Crippen molar-refractivity contribution < 1.29 is 19.1 Å². The second-order valence-corrected chi connectivity index (χ2v) is 9.14. The van der Waals surface area contributed by atoms with Gasteiger partial charge in [-0.05, 0) is 66.8 Å². The standard InChI is InChI=1S/C28H24FN5O3S/c29-20-9-1-2-10-21(20)31-24(35)13-16-34-26(25(32-28(34)38)22-11-3-4-14-30-22)23-12-6-15-33(23)19-8-5-7-18(17-19)27(36)37/h1-12,14-15,17,25-26H,13,16H2,(H,31,35)(H,32,38)(H,36,37). The molecular weight excluding hydrogens is 505 g/mol. The van der Waals surface area contributed by atoms with E-state index in [-0.39, 0.29) is 42.2 Å². The van der Waals surface area contributed by atoms with Crippen LogP contribution in [0.25, 0.3) is 5.69 Å². The fraction of sp³-hybridized carbons (Fsp3) is 0.143. The van der Waals surface area contributed by atoms with Crippen molar-refractivity contribution in [2.45, 2.75) is 18.5 Å². The molecule has 1 aliphatic rings. The van der Waals surface area contributed by atoms with Crippen LogP contribution < -0.4 is 10.6 Å². The summed E-state index contributed by atoms with van der Waals surface area (Å²) in [6.07, 6.45) is 3.63. The maximum absolute atomic E-state index is 14.0. The summed E-state index contributed by atoms with van der Waals surface area (Å²) in [5.74, 6) is -1.87. The number of hydrogen-bond donors (Lipinski definition) is 3. The third-order valence-electron chi connectivity index (χ3n) is 6.38. The molecule has 3 heterocycles. The SMILES string of the molecule is O=C(CCN1C(=S)NC(c2ccccn2)C1c1cccn1-c1cccc(C(=O)O)c1)Nc1ccccc1F. The molecule has 0 bridgehead atoms. The first-order valence-electron chi connectivity index (χ1n) is 12.0. The molecule has 0 saturated carbocycles. The average Bonchev–Trinajstić information content (AvgIpc) is 3.53. The number of aromatic carboxylic acids is 1. The molecule has 8 nitrogen and oxygen atoms in total. The van der Waals surface area contributed by atoms with Gasteiger partial charge >= 0.3 is 5.97 Å². The number of para-hydroxylation sites is 1. The Kier molecular flexibility index (Phi) is 7.14. The van der Waals surface area contributed by atoms with Crippen LogP contribution in [-0.2, 0) is 4.79 Å². The molecule has 0 aliphatic carbocycles. The van der Waals surface area contributed by atoms with E-state index in [0.717, 1.165) is 11.4 Å². The number of halogens is 1. The number of benzene rings is 2. The molecule has 3 N–H and O–H groups in total. The van der Waals surface area contributed by atoms with Crippen LogP contribution in [0.15, 0.2) is 91.3 Å². The lowest BCUT2D eigenvalue weighted by atomic mass is 10.0. The Bertz CT molecular complexity index is 1490. The summed E-state index contributed by atoms with van der Waals surface area (Å²) in [6, 6.07) is 21.4. The van der Waals surface area contributed by atoms with E-state index in [1.165, 1.54) is 12.1 Å². The zero-order valence-electron chi connectivity index (χ0n) is 20.1. The van der Waals surface area contributed by atoms with Crippen LogP contribution in [0.2, 0.25) is 0 Å². The summed E-state index contributed by atoms with van der Waals surface area (Å²) in [5, 5.41) is 15.9. The number of amides is 1. The monoisotopic (exact) mass is 529 g/mol. The van der Waals surface area contributed by atoms with Gasteiger partial charge in [0, 0.05) is 36.7 Å². The van der Waals surface area contributed by atoms with Crippen molar-refractivity contribution in [2.24, 2.45) is 0 Å². The average molecular weight is 530 g/mol. The van der Waals surface area contributed by atoms with Crippen molar-refractivity contribution >= 4 is 34.9 Å². The minimum Gasteiger partial charge on any atom is -0.478 e. The van der Waals surface area contributed by atoms with Gasteiger partial charge in [0.2, 0.25) is 5.91 Å². The fourth-order valence-electron chi connectivity index (χ4n) is 4.62. The fourth-order valence-corrected chi connectivity index (χ4v) is 4.96. The molecule has 2 atom stereocenters. The van der Waals surface area contributed by atoms with Gasteiger partial charge in [-0.15, -0.1) is 0 Å². The van der Waals surface area contributed by atoms with Crippen molar-refractivity contribution in [3.05, 3.63) is 114 Å². The number of thiocarbonyl (C=S) groups is 1. The zero-order valence-corrected chi connectivity index (χ0v) is 20.9. The second-order valence-electron chi connectivity index (χ2n) is 8.76. The number of anilines is 1. The molecule has 1 saturated heterocycles. The summed E-state index contributed by atoms with van der Waals surface area (Å²) < 4.78 is 15.9. The van der Waals surface area contributed by atoms with Gasteiger partial charge in [-0.3, -0.25) is 9.78 Å². The number of hydrogen-bond acceptors (Lipinski definition) is 4. The van der Waals surface area contributed by atoms with E-state index in [1.807, 2.05) is 52.1 Å². The molecule has 1 fully saturated rings. The molecular formula is C28H24FN5O3S. The Hall–Kier alpha value is -4.57. The Morgan fingerprint density at radius 3 is 2.63 bits per heavy atom. The predicted octanol–water partition coefficient (Wildman–Crippen LogP) is 4.71. The molecule has 2 aromatic heterocycles. The number of rotatable bonds is 8. The maximum atomic E-state index is 14.0. The summed E-state index contributed by atoms with van der Waals surface area (Å²) in [6.45, 7) is 0.264. The Labute approximate surface area is 223 Å². The highest BCUT2D eigenvalue weighted by atomic mass is 32.1. The summed E-state index contributed by atoms with van der Waals surface area (Å²) in [5.41, 5.74) is 2.58. The third kappa shape index (κ3) is 5.12. The van der Waals surface area contributed by atoms with Crippen molar-refractivity contribution in [3.63, 3.8) is 0 Å². The van der Waals surface area contributed by atoms with E-state index in [1.54, 1.807) is 36.5 Å². The van der Waals surface area contributed by atoms with Crippen molar-refractivity contribution in [1.29, 1.82) is 0 Å². The van der Waals surface area contributed by atoms with Crippen LogP contribution in [0.4, 0.5) is 10.1 Å². The number of carbonyl (C=O) groups is 2. The molecule has 10 heteroatoms. The van der Waals surface area contributed by atoms with Crippen molar-refractivity contribution in [2.75, 3.05) is 11.9 Å². The topological polar surface area (TPSA) is 99.5 Å². The molecule has 192 valence electrons. The zero-order chi connectivity index (χ0) is 26.6. The number of pyridine rings is 1. The van der Waals surface area contributed by atoms with Gasteiger partial charge in [0.15, 0.2) is 5.11 Å². The van der Waals surface area contributed by atoms with E-state index in [2.05, 4.69) is 15.6 Å². The van der Waals surface area contributed by atoms with Crippen LogP contribution in [0, 0.1) is 5.82 Å². The van der Waals surface area contributed by atoms with E-state index < -0.39 is 11.8 Å². The van der Waals surface area contributed by atoms with Crippen molar-refractivity contribution in [3.8, 4) is 5.69 Å². The molecule has 1 aliphatic heterocycles. The molecule has 38 heavy (non-hydrogen) atoms. The lowest BCUT2D eigenvalue weighted by molar-refractivity contribution is -0.116. The number of aromatic nitrogens is 2. The Morgan fingerprint density at radius 2 is 1.87 bits per heavy atom. The molecule has 0 spiro atoms. The number of nitrogens with one attached hydrogen (secondary N) is 2. The maximum Gasteiger partial charge on any atom is 0.335 e. The van der Waals surface area contributed by atoms with E-state index in [4.69, 9.17) is 12.2 Å². The highest BCUT2D eigenvalue weighted by Crippen LogP contribution is 2.39. The van der Waals surface area contributed by atoms with Gasteiger partial charge in [-0.2, -0.15) is 0 Å². The highest BCUT2D eigenvalue weighted by Gasteiger charge is 2.41. The molecule has 2 aromatic carbocycles. The number of nitrogens with zero attached hydrogens (tertiary/aromatic N) is 3.